The number of carbonyl (C=O) groups excluding carboxylic acids is 1. The van der Waals surface area contributed by atoms with Gasteiger partial charge < -0.3 is 0 Å². The smallest absolute Gasteiger partial charge is 0.249 e. The predicted octanol–water partition coefficient (Wildman–Crippen LogP) is 0.254. The van der Waals surface area contributed by atoms with Crippen LogP contribution < -0.4 is 5.06 Å². The number of rotatable bonds is 4. The second-order valence-corrected chi connectivity index (χ2v) is 1.32. The van der Waals surface area contributed by atoms with Gasteiger partial charge in [-0.3, -0.25) is 0 Å². The number of hydrogen-bond acceptors (Lipinski definition) is 3. The second kappa shape index (κ2) is 4.59. The van der Waals surface area contributed by atoms with E-state index >= 15 is 0 Å². The van der Waals surface area contributed by atoms with E-state index < -0.39 is 0 Å². The molecular weight excluding hydrogens is 106 g/mol. The summed E-state index contributed by atoms with van der Waals surface area (Å²) in [5.74, 6) is 0. The molecule has 3 heteroatoms. The largest absolute Gasteiger partial charge is 0.362 e. The zero-order valence-electron chi connectivity index (χ0n) is 5.26. The average Bonchev–Trinajstić information content (AvgIpc) is 1.83. The summed E-state index contributed by atoms with van der Waals surface area (Å²) in [6.07, 6.45) is 0. The molecule has 0 unspecified atom stereocenters. The summed E-state index contributed by atoms with van der Waals surface area (Å²) >= 11 is 0. The Morgan fingerprint density at radius 1 is 1.50 bits per heavy atom. The first-order valence-corrected chi connectivity index (χ1v) is 2.70. The van der Waals surface area contributed by atoms with Gasteiger partial charge in [0, 0.05) is 5.06 Å². The SMILES string of the molecule is CC[N+](CC)OC=O. The molecule has 0 aromatic rings. The lowest BCUT2D eigenvalue weighted by atomic mass is 10.6. The van der Waals surface area contributed by atoms with Crippen molar-refractivity contribution in [3.05, 3.63) is 0 Å². The van der Waals surface area contributed by atoms with Gasteiger partial charge in [-0.2, -0.15) is 0 Å². The van der Waals surface area contributed by atoms with Crippen LogP contribution in [0.1, 0.15) is 13.8 Å². The number of hydrogen-bond donors (Lipinski definition) is 0. The quantitative estimate of drug-likeness (QED) is 0.300. The zero-order chi connectivity index (χ0) is 6.41. The summed E-state index contributed by atoms with van der Waals surface area (Å²) < 4.78 is 0. The van der Waals surface area contributed by atoms with E-state index in [-0.39, 0.29) is 0 Å². The minimum Gasteiger partial charge on any atom is -0.249 e. The lowest BCUT2D eigenvalue weighted by Crippen LogP contribution is -2.28. The van der Waals surface area contributed by atoms with Gasteiger partial charge in [0.2, 0.25) is 0 Å². The first kappa shape index (κ1) is 7.43. The van der Waals surface area contributed by atoms with Gasteiger partial charge in [0.15, 0.2) is 13.1 Å². The minimum atomic E-state index is 0.438. The van der Waals surface area contributed by atoms with Crippen LogP contribution in [0.25, 0.3) is 0 Å². The average molecular weight is 117 g/mol. The maximum Gasteiger partial charge on any atom is 0.362 e. The molecule has 8 heavy (non-hydrogen) atoms. The lowest BCUT2D eigenvalue weighted by molar-refractivity contribution is -0.148. The van der Waals surface area contributed by atoms with Gasteiger partial charge in [-0.15, -0.1) is 0 Å². The number of hydroxylamine groups is 2. The normalized spacial score (nSPS) is 9.38. The van der Waals surface area contributed by atoms with Crippen LogP contribution in [0.4, 0.5) is 0 Å². The van der Waals surface area contributed by atoms with Gasteiger partial charge in [-0.25, -0.2) is 9.63 Å². The number of nitrogens with zero attached hydrogens (tertiary/aromatic N) is 1. The van der Waals surface area contributed by atoms with Crippen molar-refractivity contribution in [2.45, 2.75) is 13.8 Å². The minimum absolute atomic E-state index is 0.438. The molecule has 0 rings (SSSR count). The highest BCUT2D eigenvalue weighted by Gasteiger charge is 2.07. The molecule has 0 spiro atoms. The van der Waals surface area contributed by atoms with Gasteiger partial charge in [0.05, 0.1) is 0 Å². The fourth-order valence-electron chi connectivity index (χ4n) is 0.434. The maximum absolute atomic E-state index is 9.67. The molecule has 0 amide bonds. The van der Waals surface area contributed by atoms with Gasteiger partial charge in [-0.05, 0) is 13.8 Å². The molecule has 0 fully saturated rings. The van der Waals surface area contributed by atoms with Crippen molar-refractivity contribution < 1.29 is 9.63 Å². The highest BCUT2D eigenvalue weighted by atomic mass is 16.7. The summed E-state index contributed by atoms with van der Waals surface area (Å²) in [6.45, 7) is 5.78. The second-order valence-electron chi connectivity index (χ2n) is 1.32. The maximum atomic E-state index is 9.67. The fourth-order valence-corrected chi connectivity index (χ4v) is 0.434. The van der Waals surface area contributed by atoms with Crippen molar-refractivity contribution in [1.82, 2.24) is 5.06 Å². The molecule has 0 aromatic carbocycles. The summed E-state index contributed by atoms with van der Waals surface area (Å²) in [4.78, 5) is 14.2. The van der Waals surface area contributed by atoms with Gasteiger partial charge in [0.25, 0.3) is 0 Å². The predicted molar refractivity (Wildman–Crippen MR) is 30.4 cm³/mol. The lowest BCUT2D eigenvalue weighted by Gasteiger charge is -1.97. The van der Waals surface area contributed by atoms with Crippen LogP contribution in [0.2, 0.25) is 0 Å². The van der Waals surface area contributed by atoms with Gasteiger partial charge in [-0.1, -0.05) is 0 Å². The standard InChI is InChI=1S/C5H11NO2/c1-3-6(4-2)8-5-7/h5H,3-4H2,1-2H3/q+1. The Labute approximate surface area is 49.2 Å². The van der Waals surface area contributed by atoms with Crippen LogP contribution in [0.5, 0.6) is 0 Å². The first-order valence-electron chi connectivity index (χ1n) is 2.70. The van der Waals surface area contributed by atoms with Crippen LogP contribution in [0.3, 0.4) is 0 Å². The topological polar surface area (TPSA) is 32.2 Å². The Morgan fingerprint density at radius 2 is 2.00 bits per heavy atom. The molecule has 0 saturated heterocycles. The van der Waals surface area contributed by atoms with E-state index in [9.17, 15) is 4.79 Å². The summed E-state index contributed by atoms with van der Waals surface area (Å²) in [6, 6.07) is 0. The molecule has 0 saturated carbocycles. The number of carbonyl (C=O) groups is 1. The van der Waals surface area contributed by atoms with Crippen molar-refractivity contribution in [2.75, 3.05) is 13.1 Å². The molecule has 3 nitrogen and oxygen atoms in total. The third kappa shape index (κ3) is 2.58. The van der Waals surface area contributed by atoms with Crippen LogP contribution in [0.15, 0.2) is 0 Å². The Hall–Kier alpha value is -0.570. The fraction of sp³-hybridized carbons (Fsp3) is 0.800. The van der Waals surface area contributed by atoms with Crippen LogP contribution in [0, 0.1) is 0 Å². The summed E-state index contributed by atoms with van der Waals surface area (Å²) in [5, 5.41) is 1.56. The van der Waals surface area contributed by atoms with Crippen molar-refractivity contribution in [2.24, 2.45) is 0 Å². The van der Waals surface area contributed by atoms with E-state index in [1.807, 2.05) is 13.8 Å². The molecule has 0 atom stereocenters. The molecule has 1 radical (unpaired) electrons. The molecule has 0 aliphatic carbocycles. The van der Waals surface area contributed by atoms with Crippen LogP contribution in [-0.2, 0) is 9.63 Å². The molecule has 0 aliphatic heterocycles. The van der Waals surface area contributed by atoms with Gasteiger partial charge in [0.1, 0.15) is 0 Å². The van der Waals surface area contributed by atoms with Crippen molar-refractivity contribution in [3.63, 3.8) is 0 Å². The Kier molecular flexibility index (Phi) is 4.26. The van der Waals surface area contributed by atoms with Crippen molar-refractivity contribution in [1.29, 1.82) is 0 Å². The van der Waals surface area contributed by atoms with Crippen molar-refractivity contribution >= 4 is 6.47 Å². The monoisotopic (exact) mass is 117 g/mol. The van der Waals surface area contributed by atoms with Crippen molar-refractivity contribution in [3.8, 4) is 0 Å². The first-order chi connectivity index (χ1) is 3.85. The summed E-state index contributed by atoms with van der Waals surface area (Å²) in [5.41, 5.74) is 0. The van der Waals surface area contributed by atoms with E-state index in [2.05, 4.69) is 4.84 Å². The van der Waals surface area contributed by atoms with E-state index in [1.165, 1.54) is 0 Å². The van der Waals surface area contributed by atoms with Crippen LogP contribution >= 0.6 is 0 Å². The third-order valence-electron chi connectivity index (χ3n) is 0.898. The van der Waals surface area contributed by atoms with Gasteiger partial charge >= 0.3 is 6.47 Å². The Balaban J connectivity index is 3.20. The van der Waals surface area contributed by atoms with E-state index in [1.54, 1.807) is 5.06 Å². The Bertz CT molecular complexity index is 61.4. The Morgan fingerprint density at radius 3 is 2.12 bits per heavy atom. The van der Waals surface area contributed by atoms with E-state index in [0.717, 1.165) is 13.1 Å². The molecule has 0 heterocycles. The molecule has 0 N–H and O–H groups in total. The molecular formula is C5H11NO2+. The highest BCUT2D eigenvalue weighted by Crippen LogP contribution is 1.77. The molecule has 0 aliphatic rings. The summed E-state index contributed by atoms with van der Waals surface area (Å²) in [7, 11) is 0. The molecule has 0 bridgehead atoms. The van der Waals surface area contributed by atoms with Crippen LogP contribution in [-0.4, -0.2) is 19.6 Å². The molecule has 47 valence electrons. The molecule has 0 aromatic heterocycles. The third-order valence-corrected chi connectivity index (χ3v) is 0.898. The highest BCUT2D eigenvalue weighted by molar-refractivity contribution is 5.36. The van der Waals surface area contributed by atoms with E-state index in [0.29, 0.717) is 6.47 Å². The zero-order valence-corrected chi connectivity index (χ0v) is 5.26. The van der Waals surface area contributed by atoms with E-state index in [4.69, 9.17) is 0 Å².